The van der Waals surface area contributed by atoms with Gasteiger partial charge in [-0.2, -0.15) is 0 Å². The molecule has 0 amide bonds. The topological polar surface area (TPSA) is 15.3 Å². The molecule has 0 aliphatic heterocycles. The molecule has 2 nitrogen and oxygen atoms in total. The molecule has 0 spiro atoms. The van der Waals surface area contributed by atoms with Crippen molar-refractivity contribution in [1.82, 2.24) is 10.2 Å². The highest BCUT2D eigenvalue weighted by atomic mass is 15.1. The molecule has 0 heterocycles. The Morgan fingerprint density at radius 2 is 1.74 bits per heavy atom. The first-order valence-corrected chi connectivity index (χ1v) is 8.70. The van der Waals surface area contributed by atoms with Crippen LogP contribution in [0.15, 0.2) is 0 Å². The monoisotopic (exact) mass is 268 g/mol. The van der Waals surface area contributed by atoms with E-state index in [2.05, 4.69) is 37.9 Å². The highest BCUT2D eigenvalue weighted by Crippen LogP contribution is 2.32. The van der Waals surface area contributed by atoms with E-state index in [1.165, 1.54) is 64.7 Å². The lowest BCUT2D eigenvalue weighted by atomic mass is 9.76. The Hall–Kier alpha value is -0.0800. The molecule has 0 aromatic carbocycles. The molecule has 1 fully saturated rings. The van der Waals surface area contributed by atoms with E-state index in [4.69, 9.17) is 0 Å². The zero-order valence-corrected chi connectivity index (χ0v) is 13.8. The molecule has 1 aliphatic rings. The van der Waals surface area contributed by atoms with Crippen LogP contribution in [0, 0.1) is 11.8 Å². The predicted molar refractivity (Wildman–Crippen MR) is 85.6 cm³/mol. The van der Waals surface area contributed by atoms with Gasteiger partial charge in [-0.05, 0) is 57.2 Å². The van der Waals surface area contributed by atoms with Gasteiger partial charge in [-0.15, -0.1) is 0 Å². The van der Waals surface area contributed by atoms with Crippen molar-refractivity contribution in [2.75, 3.05) is 26.2 Å². The van der Waals surface area contributed by atoms with E-state index in [1.54, 1.807) is 0 Å². The van der Waals surface area contributed by atoms with Gasteiger partial charge in [0, 0.05) is 12.6 Å². The molecule has 114 valence electrons. The molecule has 0 radical (unpaired) electrons. The van der Waals surface area contributed by atoms with Gasteiger partial charge in [-0.1, -0.05) is 40.5 Å². The lowest BCUT2D eigenvalue weighted by molar-refractivity contribution is 0.141. The summed E-state index contributed by atoms with van der Waals surface area (Å²) in [5.74, 6) is 1.86. The maximum Gasteiger partial charge on any atom is 0.0108 e. The summed E-state index contributed by atoms with van der Waals surface area (Å²) in [6, 6.07) is 0.772. The molecule has 1 saturated carbocycles. The molecule has 0 aromatic rings. The predicted octanol–water partition coefficient (Wildman–Crippen LogP) is 3.91. The van der Waals surface area contributed by atoms with Crippen molar-refractivity contribution < 1.29 is 0 Å². The summed E-state index contributed by atoms with van der Waals surface area (Å²) in [5.41, 5.74) is 0. The van der Waals surface area contributed by atoms with Gasteiger partial charge in [0.2, 0.25) is 0 Å². The summed E-state index contributed by atoms with van der Waals surface area (Å²) in [4.78, 5) is 2.61. The van der Waals surface area contributed by atoms with Gasteiger partial charge < -0.3 is 10.2 Å². The van der Waals surface area contributed by atoms with Crippen LogP contribution in [0.3, 0.4) is 0 Å². The summed E-state index contributed by atoms with van der Waals surface area (Å²) in [5, 5.41) is 3.81. The molecule has 1 N–H and O–H groups in total. The highest BCUT2D eigenvalue weighted by molar-refractivity contribution is 4.86. The average molecular weight is 268 g/mol. The van der Waals surface area contributed by atoms with E-state index >= 15 is 0 Å². The minimum Gasteiger partial charge on any atom is -0.314 e. The Balaban J connectivity index is 2.53. The van der Waals surface area contributed by atoms with Crippen LogP contribution in [0.1, 0.15) is 66.2 Å². The molecule has 0 aromatic heterocycles. The third-order valence-corrected chi connectivity index (χ3v) is 4.83. The van der Waals surface area contributed by atoms with Crippen LogP contribution in [-0.4, -0.2) is 37.1 Å². The average Bonchev–Trinajstić information content (AvgIpc) is 2.44. The van der Waals surface area contributed by atoms with Crippen molar-refractivity contribution in [3.8, 4) is 0 Å². The van der Waals surface area contributed by atoms with Crippen LogP contribution in [-0.2, 0) is 0 Å². The third-order valence-electron chi connectivity index (χ3n) is 4.83. The zero-order chi connectivity index (χ0) is 14.1. The lowest BCUT2D eigenvalue weighted by Gasteiger charge is -2.39. The third kappa shape index (κ3) is 5.83. The summed E-state index contributed by atoms with van der Waals surface area (Å²) < 4.78 is 0. The van der Waals surface area contributed by atoms with Gasteiger partial charge in [0.15, 0.2) is 0 Å². The van der Waals surface area contributed by atoms with Crippen molar-refractivity contribution in [3.63, 3.8) is 0 Å². The second kappa shape index (κ2) is 9.77. The molecule has 0 bridgehead atoms. The van der Waals surface area contributed by atoms with E-state index in [0.717, 1.165) is 17.9 Å². The fourth-order valence-electron chi connectivity index (χ4n) is 3.65. The van der Waals surface area contributed by atoms with Crippen molar-refractivity contribution in [2.45, 2.75) is 72.3 Å². The van der Waals surface area contributed by atoms with Gasteiger partial charge in [0.1, 0.15) is 0 Å². The molecule has 1 aliphatic carbocycles. The Labute approximate surface area is 121 Å². The van der Waals surface area contributed by atoms with Gasteiger partial charge in [-0.3, -0.25) is 0 Å². The molecular weight excluding hydrogens is 232 g/mol. The molecule has 3 unspecified atom stereocenters. The maximum absolute atomic E-state index is 3.81. The quantitative estimate of drug-likeness (QED) is 0.682. The highest BCUT2D eigenvalue weighted by Gasteiger charge is 2.30. The summed E-state index contributed by atoms with van der Waals surface area (Å²) >= 11 is 0. The first kappa shape index (κ1) is 17.0. The van der Waals surface area contributed by atoms with E-state index < -0.39 is 0 Å². The van der Waals surface area contributed by atoms with Crippen molar-refractivity contribution in [2.24, 2.45) is 11.8 Å². The smallest absolute Gasteiger partial charge is 0.0108 e. The Morgan fingerprint density at radius 1 is 1.00 bits per heavy atom. The lowest BCUT2D eigenvalue weighted by Crippen LogP contribution is -2.46. The number of nitrogens with one attached hydrogen (secondary N) is 1. The Kier molecular flexibility index (Phi) is 8.72. The summed E-state index contributed by atoms with van der Waals surface area (Å²) in [7, 11) is 0. The first-order chi connectivity index (χ1) is 9.24. The van der Waals surface area contributed by atoms with Crippen LogP contribution in [0.25, 0.3) is 0 Å². The first-order valence-electron chi connectivity index (χ1n) is 8.70. The SMILES string of the molecule is CCCNC1CCC(CCC)CC1CN(CC)CC. The van der Waals surface area contributed by atoms with Crippen LogP contribution in [0.5, 0.6) is 0 Å². The van der Waals surface area contributed by atoms with Gasteiger partial charge in [0.05, 0.1) is 0 Å². The number of nitrogens with zero attached hydrogens (tertiary/aromatic N) is 1. The number of rotatable bonds is 9. The minimum absolute atomic E-state index is 0.772. The van der Waals surface area contributed by atoms with Crippen molar-refractivity contribution >= 4 is 0 Å². The second-order valence-corrected chi connectivity index (χ2v) is 6.27. The number of hydrogen-bond acceptors (Lipinski definition) is 2. The normalized spacial score (nSPS) is 27.9. The van der Waals surface area contributed by atoms with Crippen LogP contribution in [0.2, 0.25) is 0 Å². The Bertz CT molecular complexity index is 213. The van der Waals surface area contributed by atoms with E-state index in [-0.39, 0.29) is 0 Å². The summed E-state index contributed by atoms with van der Waals surface area (Å²) in [6.07, 6.45) is 8.35. The molecule has 2 heteroatoms. The largest absolute Gasteiger partial charge is 0.314 e. The van der Waals surface area contributed by atoms with E-state index in [1.807, 2.05) is 0 Å². The summed E-state index contributed by atoms with van der Waals surface area (Å²) in [6.45, 7) is 14.1. The van der Waals surface area contributed by atoms with Gasteiger partial charge >= 0.3 is 0 Å². The van der Waals surface area contributed by atoms with Crippen LogP contribution in [0.4, 0.5) is 0 Å². The molecule has 19 heavy (non-hydrogen) atoms. The molecule has 0 saturated heterocycles. The van der Waals surface area contributed by atoms with Gasteiger partial charge in [-0.25, -0.2) is 0 Å². The fraction of sp³-hybridized carbons (Fsp3) is 1.00. The van der Waals surface area contributed by atoms with E-state index in [9.17, 15) is 0 Å². The number of hydrogen-bond donors (Lipinski definition) is 1. The second-order valence-electron chi connectivity index (χ2n) is 6.27. The van der Waals surface area contributed by atoms with Crippen molar-refractivity contribution in [3.05, 3.63) is 0 Å². The molecular formula is C17H36N2. The standard InChI is InChI=1S/C17H36N2/c1-5-9-15-10-11-17(18-12-6-2)16(13-15)14-19(7-3)8-4/h15-18H,5-14H2,1-4H3. The Morgan fingerprint density at radius 3 is 2.32 bits per heavy atom. The molecule has 1 rings (SSSR count). The van der Waals surface area contributed by atoms with Crippen LogP contribution >= 0.6 is 0 Å². The van der Waals surface area contributed by atoms with Crippen LogP contribution < -0.4 is 5.32 Å². The van der Waals surface area contributed by atoms with E-state index in [0.29, 0.717) is 0 Å². The maximum atomic E-state index is 3.81. The molecule has 3 atom stereocenters. The van der Waals surface area contributed by atoms with Crippen molar-refractivity contribution in [1.29, 1.82) is 0 Å². The zero-order valence-electron chi connectivity index (χ0n) is 13.8. The fourth-order valence-corrected chi connectivity index (χ4v) is 3.65. The minimum atomic E-state index is 0.772. The van der Waals surface area contributed by atoms with Gasteiger partial charge in [0.25, 0.3) is 0 Å².